The van der Waals surface area contributed by atoms with Gasteiger partial charge in [-0.25, -0.2) is 0 Å². The van der Waals surface area contributed by atoms with Gasteiger partial charge in [0.25, 0.3) is 5.91 Å². The van der Waals surface area contributed by atoms with Crippen LogP contribution in [-0.4, -0.2) is 43.2 Å². The van der Waals surface area contributed by atoms with E-state index < -0.39 is 11.9 Å². The molecule has 1 saturated carbocycles. The Kier molecular flexibility index (Phi) is 5.08. The predicted octanol–water partition coefficient (Wildman–Crippen LogP) is 1.58. The number of carbonyl (C=O) groups is 3. The van der Waals surface area contributed by atoms with E-state index >= 15 is 0 Å². The van der Waals surface area contributed by atoms with Gasteiger partial charge < -0.3 is 15.0 Å². The minimum Gasteiger partial charge on any atom is -0.455 e. The molecule has 1 atom stereocenters. The number of ether oxygens (including phenoxy) is 1. The third kappa shape index (κ3) is 4.08. The Morgan fingerprint density at radius 1 is 1.38 bits per heavy atom. The van der Waals surface area contributed by atoms with Crippen LogP contribution in [0.4, 0.5) is 5.69 Å². The highest BCUT2D eigenvalue weighted by atomic mass is 32.2. The molecule has 0 radical (unpaired) electrons. The van der Waals surface area contributed by atoms with Crippen molar-refractivity contribution in [1.29, 1.82) is 0 Å². The fourth-order valence-electron chi connectivity index (χ4n) is 2.64. The van der Waals surface area contributed by atoms with E-state index in [9.17, 15) is 14.4 Å². The summed E-state index contributed by atoms with van der Waals surface area (Å²) in [6.45, 7) is 0.0156. The van der Waals surface area contributed by atoms with Gasteiger partial charge in [-0.05, 0) is 37.3 Å². The van der Waals surface area contributed by atoms with E-state index in [0.717, 1.165) is 23.4 Å². The second-order valence-electron chi connectivity index (χ2n) is 6.06. The largest absolute Gasteiger partial charge is 0.455 e. The molecule has 24 heavy (non-hydrogen) atoms. The van der Waals surface area contributed by atoms with Crippen molar-refractivity contribution in [1.82, 2.24) is 5.32 Å². The summed E-state index contributed by atoms with van der Waals surface area (Å²) in [5.41, 5.74) is 0.786. The Morgan fingerprint density at radius 3 is 2.88 bits per heavy atom. The molecule has 1 N–H and O–H groups in total. The second-order valence-corrected chi connectivity index (χ2v) is 6.94. The SMILES string of the molecule is CSc1cccc(N2C[C@@H](C(=O)OCC(=O)NC3CC3)CC2=O)c1. The lowest BCUT2D eigenvalue weighted by Gasteiger charge is -2.17. The molecule has 2 aliphatic rings. The van der Waals surface area contributed by atoms with Gasteiger partial charge in [0.15, 0.2) is 6.61 Å². The van der Waals surface area contributed by atoms with E-state index in [-0.39, 0.29) is 30.9 Å². The van der Waals surface area contributed by atoms with Crippen molar-refractivity contribution in [3.05, 3.63) is 24.3 Å². The number of hydrogen-bond donors (Lipinski definition) is 1. The van der Waals surface area contributed by atoms with Gasteiger partial charge in [0.05, 0.1) is 5.92 Å². The first-order valence-corrected chi connectivity index (χ1v) is 9.19. The van der Waals surface area contributed by atoms with E-state index in [1.54, 1.807) is 16.7 Å². The van der Waals surface area contributed by atoms with Crippen molar-refractivity contribution in [2.45, 2.75) is 30.2 Å². The van der Waals surface area contributed by atoms with Crippen LogP contribution in [0.25, 0.3) is 0 Å². The molecule has 1 heterocycles. The zero-order chi connectivity index (χ0) is 17.1. The lowest BCUT2D eigenvalue weighted by Crippen LogP contribution is -2.32. The minimum absolute atomic E-state index is 0.0994. The molecule has 0 spiro atoms. The smallest absolute Gasteiger partial charge is 0.311 e. The molecule has 7 heteroatoms. The summed E-state index contributed by atoms with van der Waals surface area (Å²) in [5.74, 6) is -1.39. The summed E-state index contributed by atoms with van der Waals surface area (Å²) in [6, 6.07) is 7.89. The second kappa shape index (κ2) is 7.25. The monoisotopic (exact) mass is 348 g/mol. The third-order valence-corrected chi connectivity index (χ3v) is 4.84. The molecule has 0 unspecified atom stereocenters. The molecule has 2 amide bonds. The first-order valence-electron chi connectivity index (χ1n) is 7.97. The van der Waals surface area contributed by atoms with Gasteiger partial charge in [-0.2, -0.15) is 0 Å². The number of nitrogens with zero attached hydrogens (tertiary/aromatic N) is 1. The Balaban J connectivity index is 1.55. The van der Waals surface area contributed by atoms with Crippen LogP contribution >= 0.6 is 11.8 Å². The summed E-state index contributed by atoms with van der Waals surface area (Å²) in [4.78, 5) is 38.6. The molecule has 2 fully saturated rings. The van der Waals surface area contributed by atoms with Crippen LogP contribution in [-0.2, 0) is 19.1 Å². The van der Waals surface area contributed by atoms with E-state index in [0.29, 0.717) is 6.54 Å². The van der Waals surface area contributed by atoms with Crippen LogP contribution in [0.5, 0.6) is 0 Å². The Bertz CT molecular complexity index is 660. The van der Waals surface area contributed by atoms with E-state index in [1.165, 1.54) is 0 Å². The van der Waals surface area contributed by atoms with Gasteiger partial charge >= 0.3 is 5.97 Å². The maximum atomic E-state index is 12.2. The summed E-state index contributed by atoms with van der Waals surface area (Å²) >= 11 is 1.60. The van der Waals surface area contributed by atoms with Crippen LogP contribution in [0, 0.1) is 5.92 Å². The molecule has 0 bridgehead atoms. The number of anilines is 1. The Labute approximate surface area is 144 Å². The quantitative estimate of drug-likeness (QED) is 0.624. The van der Waals surface area contributed by atoms with Crippen LogP contribution < -0.4 is 10.2 Å². The van der Waals surface area contributed by atoms with Gasteiger partial charge in [-0.1, -0.05) is 6.07 Å². The summed E-state index contributed by atoms with van der Waals surface area (Å²) in [6.07, 6.45) is 4.06. The molecule has 6 nitrogen and oxygen atoms in total. The fraction of sp³-hybridized carbons (Fsp3) is 0.471. The Morgan fingerprint density at radius 2 is 2.17 bits per heavy atom. The number of rotatable bonds is 6. The van der Waals surface area contributed by atoms with Crippen molar-refractivity contribution >= 4 is 35.2 Å². The van der Waals surface area contributed by atoms with Crippen molar-refractivity contribution in [2.24, 2.45) is 5.92 Å². The number of thioether (sulfide) groups is 1. The van der Waals surface area contributed by atoms with Crippen LogP contribution in [0.15, 0.2) is 29.2 Å². The highest BCUT2D eigenvalue weighted by molar-refractivity contribution is 7.98. The average molecular weight is 348 g/mol. The topological polar surface area (TPSA) is 75.7 Å². The number of nitrogens with one attached hydrogen (secondary N) is 1. The maximum absolute atomic E-state index is 12.2. The Hall–Kier alpha value is -2.02. The number of amides is 2. The van der Waals surface area contributed by atoms with E-state index in [1.807, 2.05) is 30.5 Å². The lowest BCUT2D eigenvalue weighted by molar-refractivity contribution is -0.152. The predicted molar refractivity (Wildman–Crippen MR) is 90.8 cm³/mol. The third-order valence-electron chi connectivity index (χ3n) is 4.11. The zero-order valence-corrected chi connectivity index (χ0v) is 14.3. The first kappa shape index (κ1) is 16.8. The van der Waals surface area contributed by atoms with Gasteiger partial charge in [-0.3, -0.25) is 14.4 Å². The fourth-order valence-corrected chi connectivity index (χ4v) is 3.10. The molecule has 0 aromatic heterocycles. The number of benzene rings is 1. The van der Waals surface area contributed by atoms with Crippen LogP contribution in [0.1, 0.15) is 19.3 Å². The standard InChI is InChI=1S/C17H20N2O4S/c1-24-14-4-2-3-13(8-14)19-9-11(7-16(19)21)17(22)23-10-15(20)18-12-5-6-12/h2-4,8,11-12H,5-7,9-10H2,1H3,(H,18,20)/t11-/m0/s1. The maximum Gasteiger partial charge on any atom is 0.311 e. The van der Waals surface area contributed by atoms with Gasteiger partial charge in [0.2, 0.25) is 5.91 Å². The lowest BCUT2D eigenvalue weighted by atomic mass is 10.1. The highest BCUT2D eigenvalue weighted by Gasteiger charge is 2.36. The molecule has 1 aromatic carbocycles. The number of carbonyl (C=O) groups excluding carboxylic acids is 3. The average Bonchev–Trinajstić information content (AvgIpc) is 3.31. The highest BCUT2D eigenvalue weighted by Crippen LogP contribution is 2.28. The molecule has 1 aliphatic heterocycles. The summed E-state index contributed by atoms with van der Waals surface area (Å²) < 4.78 is 5.06. The minimum atomic E-state index is -0.524. The van der Waals surface area contributed by atoms with Crippen molar-refractivity contribution in [3.63, 3.8) is 0 Å². The first-order chi connectivity index (χ1) is 11.6. The number of esters is 1. The van der Waals surface area contributed by atoms with Gasteiger partial charge in [0, 0.05) is 29.6 Å². The molecular weight excluding hydrogens is 328 g/mol. The van der Waals surface area contributed by atoms with Crippen LogP contribution in [0.2, 0.25) is 0 Å². The molecule has 1 aliphatic carbocycles. The molecular formula is C17H20N2O4S. The summed E-state index contributed by atoms with van der Waals surface area (Å²) in [5, 5.41) is 2.76. The molecule has 3 rings (SSSR count). The van der Waals surface area contributed by atoms with Gasteiger partial charge in [0.1, 0.15) is 0 Å². The van der Waals surface area contributed by atoms with E-state index in [4.69, 9.17) is 4.74 Å². The summed E-state index contributed by atoms with van der Waals surface area (Å²) in [7, 11) is 0. The van der Waals surface area contributed by atoms with Gasteiger partial charge in [-0.15, -0.1) is 11.8 Å². The normalized spacial score (nSPS) is 20.1. The molecule has 1 aromatic rings. The number of hydrogen-bond acceptors (Lipinski definition) is 5. The van der Waals surface area contributed by atoms with Crippen molar-refractivity contribution < 1.29 is 19.1 Å². The zero-order valence-electron chi connectivity index (χ0n) is 13.5. The van der Waals surface area contributed by atoms with Crippen LogP contribution in [0.3, 0.4) is 0 Å². The van der Waals surface area contributed by atoms with E-state index in [2.05, 4.69) is 5.32 Å². The molecule has 128 valence electrons. The van der Waals surface area contributed by atoms with Crippen molar-refractivity contribution in [2.75, 3.05) is 24.3 Å². The molecule has 1 saturated heterocycles. The van der Waals surface area contributed by atoms with Crippen molar-refractivity contribution in [3.8, 4) is 0 Å².